The van der Waals surface area contributed by atoms with Gasteiger partial charge in [-0.1, -0.05) is 22.0 Å². The first kappa shape index (κ1) is 12.6. The molecule has 0 atom stereocenters. The van der Waals surface area contributed by atoms with Gasteiger partial charge in [-0.3, -0.25) is 4.79 Å². The maximum Gasteiger partial charge on any atom is 0.254 e. The molecule has 1 amide bonds. The summed E-state index contributed by atoms with van der Waals surface area (Å²) in [7, 11) is 0. The Morgan fingerprint density at radius 3 is 2.76 bits per heavy atom. The third kappa shape index (κ3) is 2.69. The van der Waals surface area contributed by atoms with Crippen LogP contribution in [0.2, 0.25) is 0 Å². The molecule has 2 rings (SSSR count). The molecule has 1 aliphatic rings. The largest absolute Gasteiger partial charge is 0.381 e. The van der Waals surface area contributed by atoms with Crippen LogP contribution in [0.5, 0.6) is 0 Å². The van der Waals surface area contributed by atoms with Gasteiger partial charge in [0.2, 0.25) is 0 Å². The van der Waals surface area contributed by atoms with E-state index in [0.717, 1.165) is 16.5 Å². The van der Waals surface area contributed by atoms with Crippen LogP contribution in [0.1, 0.15) is 25.0 Å². The molecular formula is C13H16BrNO2. The summed E-state index contributed by atoms with van der Waals surface area (Å²) in [6, 6.07) is 6.11. The predicted molar refractivity (Wildman–Crippen MR) is 69.6 cm³/mol. The van der Waals surface area contributed by atoms with E-state index in [4.69, 9.17) is 0 Å². The highest BCUT2D eigenvalue weighted by molar-refractivity contribution is 9.10. The molecule has 0 saturated heterocycles. The molecule has 0 unspecified atom stereocenters. The molecular weight excluding hydrogens is 282 g/mol. The van der Waals surface area contributed by atoms with E-state index in [1.165, 1.54) is 19.4 Å². The second-order valence-electron chi connectivity index (χ2n) is 4.95. The highest BCUT2D eigenvalue weighted by Gasteiger charge is 2.31. The van der Waals surface area contributed by atoms with Crippen molar-refractivity contribution in [1.29, 1.82) is 0 Å². The van der Waals surface area contributed by atoms with Crippen LogP contribution in [0.25, 0.3) is 0 Å². The molecule has 0 aromatic heterocycles. The van der Waals surface area contributed by atoms with Crippen molar-refractivity contribution < 1.29 is 9.90 Å². The van der Waals surface area contributed by atoms with Gasteiger partial charge in [0, 0.05) is 17.6 Å². The van der Waals surface area contributed by atoms with E-state index < -0.39 is 5.60 Å². The van der Waals surface area contributed by atoms with Crippen LogP contribution in [-0.2, 0) is 17.8 Å². The molecule has 0 bridgehead atoms. The number of fused-ring (bicyclic) bond motifs is 1. The lowest BCUT2D eigenvalue weighted by Gasteiger charge is -2.33. The van der Waals surface area contributed by atoms with E-state index in [0.29, 0.717) is 13.1 Å². The van der Waals surface area contributed by atoms with Crippen molar-refractivity contribution in [1.82, 2.24) is 4.90 Å². The molecule has 0 spiro atoms. The van der Waals surface area contributed by atoms with Crippen LogP contribution >= 0.6 is 15.9 Å². The average molecular weight is 298 g/mol. The number of carbonyl (C=O) groups is 1. The fraction of sp³-hybridized carbons (Fsp3) is 0.462. The Labute approximate surface area is 110 Å². The Bertz CT molecular complexity index is 451. The zero-order valence-electron chi connectivity index (χ0n) is 10.0. The maximum absolute atomic E-state index is 12.0. The van der Waals surface area contributed by atoms with Gasteiger partial charge >= 0.3 is 0 Å². The Morgan fingerprint density at radius 2 is 2.12 bits per heavy atom. The van der Waals surface area contributed by atoms with Gasteiger partial charge in [0.15, 0.2) is 0 Å². The summed E-state index contributed by atoms with van der Waals surface area (Å²) in [5, 5.41) is 9.73. The van der Waals surface area contributed by atoms with Crippen LogP contribution in [0.15, 0.2) is 22.7 Å². The van der Waals surface area contributed by atoms with Crippen molar-refractivity contribution in [3.8, 4) is 0 Å². The summed E-state index contributed by atoms with van der Waals surface area (Å²) in [4.78, 5) is 13.7. The van der Waals surface area contributed by atoms with E-state index in [1.54, 1.807) is 4.90 Å². The van der Waals surface area contributed by atoms with E-state index in [2.05, 4.69) is 22.0 Å². The summed E-state index contributed by atoms with van der Waals surface area (Å²) in [6.45, 7) is 4.33. The quantitative estimate of drug-likeness (QED) is 0.862. The number of hydrogen-bond donors (Lipinski definition) is 1. The van der Waals surface area contributed by atoms with Crippen LogP contribution in [0, 0.1) is 0 Å². The fourth-order valence-corrected chi connectivity index (χ4v) is 2.49. The molecule has 92 valence electrons. The molecule has 1 aliphatic heterocycles. The molecule has 1 N–H and O–H groups in total. The molecule has 0 fully saturated rings. The zero-order valence-corrected chi connectivity index (χ0v) is 11.6. The van der Waals surface area contributed by atoms with Gasteiger partial charge < -0.3 is 10.0 Å². The molecule has 17 heavy (non-hydrogen) atoms. The summed E-state index contributed by atoms with van der Waals surface area (Å²) in [5.74, 6) is -0.203. The van der Waals surface area contributed by atoms with Crippen LogP contribution in [0.4, 0.5) is 0 Å². The minimum atomic E-state index is -1.28. The van der Waals surface area contributed by atoms with E-state index in [1.807, 2.05) is 12.1 Å². The monoisotopic (exact) mass is 297 g/mol. The van der Waals surface area contributed by atoms with Crippen molar-refractivity contribution in [2.24, 2.45) is 0 Å². The number of nitrogens with zero attached hydrogens (tertiary/aromatic N) is 1. The number of benzene rings is 1. The van der Waals surface area contributed by atoms with Crippen molar-refractivity contribution in [2.45, 2.75) is 32.4 Å². The normalized spacial score (nSPS) is 15.6. The number of hydrogen-bond acceptors (Lipinski definition) is 2. The Morgan fingerprint density at radius 1 is 1.41 bits per heavy atom. The van der Waals surface area contributed by atoms with Crippen molar-refractivity contribution >= 4 is 21.8 Å². The maximum atomic E-state index is 12.0. The standard InChI is InChI=1S/C13H16BrNO2/c1-13(2,17)12(16)15-6-5-9-7-11(14)4-3-10(9)8-15/h3-4,7,17H,5-6,8H2,1-2H3. The number of rotatable bonds is 1. The Hall–Kier alpha value is -0.870. The van der Waals surface area contributed by atoms with Gasteiger partial charge in [-0.15, -0.1) is 0 Å². The zero-order chi connectivity index (χ0) is 12.6. The highest BCUT2D eigenvalue weighted by atomic mass is 79.9. The second kappa shape index (κ2) is 4.42. The van der Waals surface area contributed by atoms with Gasteiger partial charge in [0.1, 0.15) is 5.60 Å². The number of halogens is 1. The van der Waals surface area contributed by atoms with Gasteiger partial charge in [-0.05, 0) is 43.5 Å². The molecule has 1 aromatic rings. The molecule has 0 saturated carbocycles. The molecule has 1 aromatic carbocycles. The summed E-state index contributed by atoms with van der Waals surface area (Å²) in [5.41, 5.74) is 1.16. The second-order valence-corrected chi connectivity index (χ2v) is 5.86. The number of aliphatic hydroxyl groups is 1. The minimum Gasteiger partial charge on any atom is -0.381 e. The summed E-state index contributed by atoms with van der Waals surface area (Å²) >= 11 is 3.45. The van der Waals surface area contributed by atoms with Crippen LogP contribution in [0.3, 0.4) is 0 Å². The fourth-order valence-electron chi connectivity index (χ4n) is 2.08. The molecule has 1 heterocycles. The van der Waals surface area contributed by atoms with E-state index >= 15 is 0 Å². The van der Waals surface area contributed by atoms with Crippen molar-refractivity contribution in [2.75, 3.05) is 6.54 Å². The van der Waals surface area contributed by atoms with E-state index in [9.17, 15) is 9.90 Å². The van der Waals surface area contributed by atoms with E-state index in [-0.39, 0.29) is 5.91 Å². The van der Waals surface area contributed by atoms with Gasteiger partial charge in [-0.25, -0.2) is 0 Å². The smallest absolute Gasteiger partial charge is 0.254 e. The van der Waals surface area contributed by atoms with Crippen molar-refractivity contribution in [3.63, 3.8) is 0 Å². The lowest BCUT2D eigenvalue weighted by molar-refractivity contribution is -0.148. The van der Waals surface area contributed by atoms with Gasteiger partial charge in [0.05, 0.1) is 0 Å². The topological polar surface area (TPSA) is 40.5 Å². The summed E-state index contributed by atoms with van der Waals surface area (Å²) < 4.78 is 1.07. The average Bonchev–Trinajstić information content (AvgIpc) is 2.26. The third-order valence-electron chi connectivity index (χ3n) is 2.99. The number of amides is 1. The predicted octanol–water partition coefficient (Wildman–Crippen LogP) is 2.10. The molecule has 3 nitrogen and oxygen atoms in total. The first-order valence-corrected chi connectivity index (χ1v) is 6.46. The molecule has 0 radical (unpaired) electrons. The third-order valence-corrected chi connectivity index (χ3v) is 3.48. The van der Waals surface area contributed by atoms with Crippen LogP contribution < -0.4 is 0 Å². The van der Waals surface area contributed by atoms with Crippen molar-refractivity contribution in [3.05, 3.63) is 33.8 Å². The molecule has 0 aliphatic carbocycles. The Kier molecular flexibility index (Phi) is 3.27. The minimum absolute atomic E-state index is 0.203. The summed E-state index contributed by atoms with van der Waals surface area (Å²) in [6.07, 6.45) is 0.844. The SMILES string of the molecule is CC(C)(O)C(=O)N1CCc2cc(Br)ccc2C1. The van der Waals surface area contributed by atoms with Crippen LogP contribution in [-0.4, -0.2) is 28.1 Å². The van der Waals surface area contributed by atoms with Gasteiger partial charge in [-0.2, -0.15) is 0 Å². The lowest BCUT2D eigenvalue weighted by Crippen LogP contribution is -2.47. The first-order valence-electron chi connectivity index (χ1n) is 5.67. The van der Waals surface area contributed by atoms with Gasteiger partial charge in [0.25, 0.3) is 5.91 Å². The highest BCUT2D eigenvalue weighted by Crippen LogP contribution is 2.24. The number of carbonyl (C=O) groups excluding carboxylic acids is 1. The first-order chi connectivity index (χ1) is 7.88. The lowest BCUT2D eigenvalue weighted by atomic mass is 9.98. The molecule has 4 heteroatoms. The Balaban J connectivity index is 2.19.